The van der Waals surface area contributed by atoms with Crippen LogP contribution in [0.1, 0.15) is 37.2 Å². The first-order valence-electron chi connectivity index (χ1n) is 10.2. The fourth-order valence-electron chi connectivity index (χ4n) is 3.94. The summed E-state index contributed by atoms with van der Waals surface area (Å²) in [5.41, 5.74) is 1.35. The first-order valence-corrected chi connectivity index (χ1v) is 10.2. The normalized spacial score (nSPS) is 16.0. The quantitative estimate of drug-likeness (QED) is 0.754. The summed E-state index contributed by atoms with van der Waals surface area (Å²) in [6, 6.07) is 6.71. The van der Waals surface area contributed by atoms with Crippen LogP contribution in [0.25, 0.3) is 10.9 Å². The number of carboxylic acids is 1. The van der Waals surface area contributed by atoms with Gasteiger partial charge >= 0.3 is 5.97 Å². The second-order valence-electron chi connectivity index (χ2n) is 8.15. The summed E-state index contributed by atoms with van der Waals surface area (Å²) in [5, 5.41) is 12.9. The molecule has 0 unspecified atom stereocenters. The van der Waals surface area contributed by atoms with Gasteiger partial charge in [-0.05, 0) is 43.0 Å². The average molecular weight is 415 g/mol. The van der Waals surface area contributed by atoms with Crippen molar-refractivity contribution in [1.29, 1.82) is 0 Å². The lowest BCUT2D eigenvalue weighted by molar-refractivity contribution is -0.146. The number of nitrogens with zero attached hydrogens (tertiary/aromatic N) is 2. The van der Waals surface area contributed by atoms with Gasteiger partial charge in [-0.3, -0.25) is 14.4 Å². The molecule has 0 spiro atoms. The number of carbonyl (C=O) groups is 3. The molecule has 8 heteroatoms. The van der Waals surface area contributed by atoms with Crippen molar-refractivity contribution in [3.8, 4) is 5.75 Å². The molecule has 0 aliphatic carbocycles. The van der Waals surface area contributed by atoms with Gasteiger partial charge in [0.15, 0.2) is 0 Å². The number of piperidine rings is 1. The molecule has 2 N–H and O–H groups in total. The van der Waals surface area contributed by atoms with Crippen molar-refractivity contribution < 1.29 is 24.2 Å². The molecule has 2 heterocycles. The van der Waals surface area contributed by atoms with Crippen LogP contribution in [0.15, 0.2) is 24.3 Å². The van der Waals surface area contributed by atoms with Crippen LogP contribution in [0.3, 0.4) is 0 Å². The predicted octanol–water partition coefficient (Wildman–Crippen LogP) is 2.26. The zero-order valence-electron chi connectivity index (χ0n) is 17.8. The Morgan fingerprint density at radius 2 is 1.83 bits per heavy atom. The van der Waals surface area contributed by atoms with Crippen molar-refractivity contribution >= 4 is 28.7 Å². The van der Waals surface area contributed by atoms with Crippen LogP contribution >= 0.6 is 0 Å². The van der Waals surface area contributed by atoms with E-state index in [-0.39, 0.29) is 17.7 Å². The molecule has 8 nitrogen and oxygen atoms in total. The lowest BCUT2D eigenvalue weighted by atomic mass is 9.95. The third-order valence-electron chi connectivity index (χ3n) is 5.86. The lowest BCUT2D eigenvalue weighted by Crippen LogP contribution is -2.53. The highest BCUT2D eigenvalue weighted by Crippen LogP contribution is 2.24. The van der Waals surface area contributed by atoms with Gasteiger partial charge in [-0.25, -0.2) is 0 Å². The van der Waals surface area contributed by atoms with Gasteiger partial charge in [-0.15, -0.1) is 0 Å². The van der Waals surface area contributed by atoms with E-state index in [1.165, 1.54) is 0 Å². The first-order chi connectivity index (χ1) is 14.2. The zero-order chi connectivity index (χ0) is 22.0. The average Bonchev–Trinajstić information content (AvgIpc) is 3.07. The third-order valence-corrected chi connectivity index (χ3v) is 5.86. The molecule has 1 atom stereocenters. The maximum atomic E-state index is 13.1. The van der Waals surface area contributed by atoms with E-state index in [1.807, 2.05) is 39.1 Å². The highest BCUT2D eigenvalue weighted by atomic mass is 16.5. The Hall–Kier alpha value is -3.03. The topological polar surface area (TPSA) is 101 Å². The Bertz CT molecular complexity index is 957. The van der Waals surface area contributed by atoms with E-state index in [1.54, 1.807) is 22.6 Å². The summed E-state index contributed by atoms with van der Waals surface area (Å²) in [6.07, 6.45) is 0.871. The molecule has 0 radical (unpaired) electrons. The number of hydrogen-bond acceptors (Lipinski definition) is 4. The number of ether oxygens (including phenoxy) is 1. The Balaban J connectivity index is 1.76. The Labute approximate surface area is 175 Å². The van der Waals surface area contributed by atoms with E-state index >= 15 is 0 Å². The second kappa shape index (κ2) is 8.77. The molecule has 1 fully saturated rings. The van der Waals surface area contributed by atoms with Crippen LogP contribution < -0.4 is 10.1 Å². The smallest absolute Gasteiger partial charge is 0.306 e. The van der Waals surface area contributed by atoms with Crippen LogP contribution in [0, 0.1) is 11.8 Å². The van der Waals surface area contributed by atoms with E-state index in [2.05, 4.69) is 5.32 Å². The van der Waals surface area contributed by atoms with Gasteiger partial charge in [0, 0.05) is 31.0 Å². The monoisotopic (exact) mass is 415 g/mol. The minimum atomic E-state index is -0.816. The molecule has 1 aromatic heterocycles. The second-order valence-corrected chi connectivity index (χ2v) is 8.15. The van der Waals surface area contributed by atoms with Gasteiger partial charge in [-0.1, -0.05) is 13.8 Å². The number of rotatable bonds is 6. The fraction of sp³-hybridized carbons (Fsp3) is 0.500. The predicted molar refractivity (Wildman–Crippen MR) is 113 cm³/mol. The Kier molecular flexibility index (Phi) is 6.34. The standard InChI is InChI=1S/C22H29N3O5/c1-13(2)19(21(27)25-9-7-14(8-10-25)22(28)29)23-20(26)18-12-15-11-16(30-4)5-6-17(15)24(18)3/h5-6,11-14,19H,7-10H2,1-4H3,(H,23,26)(H,28,29)/t19-/m0/s1. The van der Waals surface area contributed by atoms with Crippen LogP contribution in [0.2, 0.25) is 0 Å². The van der Waals surface area contributed by atoms with Crippen molar-refractivity contribution in [3.05, 3.63) is 30.0 Å². The number of nitrogens with one attached hydrogen (secondary N) is 1. The van der Waals surface area contributed by atoms with Crippen LogP contribution in [0.5, 0.6) is 5.75 Å². The van der Waals surface area contributed by atoms with E-state index in [0.29, 0.717) is 37.4 Å². The molecule has 30 heavy (non-hydrogen) atoms. The molecule has 2 amide bonds. The number of aromatic nitrogens is 1. The number of carboxylic acid groups (broad SMARTS) is 1. The SMILES string of the molecule is COc1ccc2c(c1)cc(C(=O)N[C@H](C(=O)N1CCC(C(=O)O)CC1)C(C)C)n2C. The summed E-state index contributed by atoms with van der Waals surface area (Å²) in [4.78, 5) is 38.9. The molecule has 1 aliphatic rings. The van der Waals surface area contributed by atoms with E-state index in [0.717, 1.165) is 10.9 Å². The minimum absolute atomic E-state index is 0.103. The third kappa shape index (κ3) is 4.27. The summed E-state index contributed by atoms with van der Waals surface area (Å²) in [6.45, 7) is 4.56. The number of aryl methyl sites for hydroxylation is 1. The molecular formula is C22H29N3O5. The summed E-state index contributed by atoms with van der Waals surface area (Å²) in [7, 11) is 3.41. The largest absolute Gasteiger partial charge is 0.497 e. The van der Waals surface area contributed by atoms with Gasteiger partial charge in [0.05, 0.1) is 13.0 Å². The number of carbonyl (C=O) groups excluding carboxylic acids is 2. The fourth-order valence-corrected chi connectivity index (χ4v) is 3.94. The number of methoxy groups -OCH3 is 1. The van der Waals surface area contributed by atoms with Crippen molar-refractivity contribution in [3.63, 3.8) is 0 Å². The zero-order valence-corrected chi connectivity index (χ0v) is 17.8. The first kappa shape index (κ1) is 21.7. The van der Waals surface area contributed by atoms with Crippen LogP contribution in [-0.2, 0) is 16.6 Å². The highest BCUT2D eigenvalue weighted by Gasteiger charge is 2.33. The molecule has 0 saturated carbocycles. The molecule has 0 bridgehead atoms. The van der Waals surface area contributed by atoms with Crippen molar-refractivity contribution in [2.24, 2.45) is 18.9 Å². The lowest BCUT2D eigenvalue weighted by Gasteiger charge is -2.34. The van der Waals surface area contributed by atoms with Crippen molar-refractivity contribution in [2.75, 3.05) is 20.2 Å². The Morgan fingerprint density at radius 1 is 1.17 bits per heavy atom. The van der Waals surface area contributed by atoms with Gasteiger partial charge in [0.25, 0.3) is 5.91 Å². The number of aliphatic carboxylic acids is 1. The van der Waals surface area contributed by atoms with Gasteiger partial charge in [0.2, 0.25) is 5.91 Å². The molecule has 1 saturated heterocycles. The molecular weight excluding hydrogens is 386 g/mol. The van der Waals surface area contributed by atoms with Crippen LogP contribution in [-0.4, -0.2) is 58.6 Å². The van der Waals surface area contributed by atoms with E-state index < -0.39 is 17.9 Å². The number of hydrogen-bond donors (Lipinski definition) is 2. The van der Waals surface area contributed by atoms with Crippen molar-refractivity contribution in [2.45, 2.75) is 32.7 Å². The number of amides is 2. The maximum absolute atomic E-state index is 13.1. The summed E-state index contributed by atoms with van der Waals surface area (Å²) < 4.78 is 7.05. The molecule has 2 aromatic rings. The summed E-state index contributed by atoms with van der Waals surface area (Å²) in [5.74, 6) is -1.10. The number of likely N-dealkylation sites (tertiary alicyclic amines) is 1. The maximum Gasteiger partial charge on any atom is 0.306 e. The molecule has 3 rings (SSSR count). The van der Waals surface area contributed by atoms with E-state index in [4.69, 9.17) is 9.84 Å². The van der Waals surface area contributed by atoms with Gasteiger partial charge in [-0.2, -0.15) is 0 Å². The Morgan fingerprint density at radius 3 is 2.40 bits per heavy atom. The number of benzene rings is 1. The van der Waals surface area contributed by atoms with Crippen LogP contribution in [0.4, 0.5) is 0 Å². The molecule has 162 valence electrons. The summed E-state index contributed by atoms with van der Waals surface area (Å²) >= 11 is 0. The highest BCUT2D eigenvalue weighted by molar-refractivity contribution is 6.01. The van der Waals surface area contributed by atoms with Crippen molar-refractivity contribution in [1.82, 2.24) is 14.8 Å². The van der Waals surface area contributed by atoms with Gasteiger partial charge < -0.3 is 24.6 Å². The van der Waals surface area contributed by atoms with E-state index in [9.17, 15) is 14.4 Å². The van der Waals surface area contributed by atoms with Gasteiger partial charge in [0.1, 0.15) is 17.5 Å². The number of fused-ring (bicyclic) bond motifs is 1. The minimum Gasteiger partial charge on any atom is -0.497 e. The molecule has 1 aromatic carbocycles. The molecule has 1 aliphatic heterocycles.